The molecule has 0 radical (unpaired) electrons. The van der Waals surface area contributed by atoms with Crippen LogP contribution in [0.1, 0.15) is 54.0 Å². The second kappa shape index (κ2) is 4.85. The van der Waals surface area contributed by atoms with Gasteiger partial charge in [-0.25, -0.2) is 0 Å². The summed E-state index contributed by atoms with van der Waals surface area (Å²) >= 11 is 0. The Kier molecular flexibility index (Phi) is 3.42. The number of hydrogen-bond donors (Lipinski definition) is 2. The molecule has 20 heavy (non-hydrogen) atoms. The van der Waals surface area contributed by atoms with E-state index in [0.29, 0.717) is 12.5 Å². The third kappa shape index (κ3) is 1.93. The Balaban J connectivity index is 1.99. The largest absolute Gasteiger partial charge is 0.388 e. The standard InChI is InChI=1S/C18H27NO/c1-11-6-13(3)16(7-12(11)2)17(20)18(10-19)9-14-4-5-15(18)8-14/h6-7,14-15,17,20H,4-5,8-10,19H2,1-3H3. The number of aliphatic hydroxyl groups is 1. The van der Waals surface area contributed by atoms with Crippen molar-refractivity contribution in [3.63, 3.8) is 0 Å². The molecule has 2 bridgehead atoms. The normalized spacial score (nSPS) is 33.6. The van der Waals surface area contributed by atoms with Crippen molar-refractivity contribution in [2.45, 2.75) is 52.6 Å². The van der Waals surface area contributed by atoms with Gasteiger partial charge in [0.2, 0.25) is 0 Å². The lowest BCUT2D eigenvalue weighted by atomic mass is 9.67. The summed E-state index contributed by atoms with van der Waals surface area (Å²) in [6.45, 7) is 6.99. The summed E-state index contributed by atoms with van der Waals surface area (Å²) in [5.41, 5.74) is 10.9. The van der Waals surface area contributed by atoms with Crippen LogP contribution in [-0.2, 0) is 0 Å². The second-order valence-electron chi connectivity index (χ2n) is 7.21. The minimum Gasteiger partial charge on any atom is -0.388 e. The fraction of sp³-hybridized carbons (Fsp3) is 0.667. The Morgan fingerprint density at radius 2 is 1.90 bits per heavy atom. The minimum atomic E-state index is -0.401. The minimum absolute atomic E-state index is 0.0740. The Bertz CT molecular complexity index is 524. The third-order valence-electron chi connectivity index (χ3n) is 6.12. The molecule has 2 aliphatic carbocycles. The summed E-state index contributed by atoms with van der Waals surface area (Å²) in [6.07, 6.45) is 4.58. The van der Waals surface area contributed by atoms with Gasteiger partial charge in [-0.3, -0.25) is 0 Å². The third-order valence-corrected chi connectivity index (χ3v) is 6.12. The highest BCUT2D eigenvalue weighted by molar-refractivity contribution is 5.39. The molecule has 0 heterocycles. The van der Waals surface area contributed by atoms with Crippen molar-refractivity contribution in [1.82, 2.24) is 0 Å². The van der Waals surface area contributed by atoms with Crippen molar-refractivity contribution in [2.75, 3.05) is 6.54 Å². The number of aliphatic hydroxyl groups excluding tert-OH is 1. The van der Waals surface area contributed by atoms with Crippen molar-refractivity contribution in [3.8, 4) is 0 Å². The first-order chi connectivity index (χ1) is 9.48. The maximum absolute atomic E-state index is 11.1. The predicted octanol–water partition coefficient (Wildman–Crippen LogP) is 3.41. The van der Waals surface area contributed by atoms with Gasteiger partial charge in [-0.1, -0.05) is 18.6 Å². The monoisotopic (exact) mass is 273 g/mol. The van der Waals surface area contributed by atoms with Gasteiger partial charge < -0.3 is 10.8 Å². The highest BCUT2D eigenvalue weighted by atomic mass is 16.3. The van der Waals surface area contributed by atoms with E-state index < -0.39 is 6.10 Å². The van der Waals surface area contributed by atoms with Crippen LogP contribution >= 0.6 is 0 Å². The molecule has 2 saturated carbocycles. The Morgan fingerprint density at radius 1 is 1.20 bits per heavy atom. The van der Waals surface area contributed by atoms with E-state index in [9.17, 15) is 5.11 Å². The SMILES string of the molecule is Cc1cc(C)c(C(O)C2(CN)CC3CCC2C3)cc1C. The molecule has 4 unspecified atom stereocenters. The van der Waals surface area contributed by atoms with Gasteiger partial charge in [0.1, 0.15) is 0 Å². The summed E-state index contributed by atoms with van der Waals surface area (Å²) in [7, 11) is 0. The molecule has 3 rings (SSSR count). The van der Waals surface area contributed by atoms with Gasteiger partial charge in [-0.15, -0.1) is 0 Å². The van der Waals surface area contributed by atoms with Gasteiger partial charge >= 0.3 is 0 Å². The smallest absolute Gasteiger partial charge is 0.0863 e. The number of nitrogens with two attached hydrogens (primary N) is 1. The molecule has 0 aromatic heterocycles. The summed E-state index contributed by atoms with van der Waals surface area (Å²) < 4.78 is 0. The maximum atomic E-state index is 11.1. The number of fused-ring (bicyclic) bond motifs is 2. The van der Waals surface area contributed by atoms with E-state index in [2.05, 4.69) is 32.9 Å². The van der Waals surface area contributed by atoms with Crippen LogP contribution in [-0.4, -0.2) is 11.7 Å². The Labute approximate surface area is 122 Å². The summed E-state index contributed by atoms with van der Waals surface area (Å²) in [5, 5.41) is 11.1. The lowest BCUT2D eigenvalue weighted by molar-refractivity contribution is -0.0134. The van der Waals surface area contributed by atoms with Crippen LogP contribution in [0.3, 0.4) is 0 Å². The molecule has 2 nitrogen and oxygen atoms in total. The molecule has 2 aliphatic rings. The van der Waals surface area contributed by atoms with Crippen molar-refractivity contribution < 1.29 is 5.11 Å². The fourth-order valence-corrected chi connectivity index (χ4v) is 4.77. The first-order valence-corrected chi connectivity index (χ1v) is 7.94. The molecule has 0 saturated heterocycles. The molecule has 0 amide bonds. The van der Waals surface area contributed by atoms with Gasteiger partial charge in [0.05, 0.1) is 6.10 Å². The maximum Gasteiger partial charge on any atom is 0.0863 e. The van der Waals surface area contributed by atoms with Gasteiger partial charge in [0, 0.05) is 12.0 Å². The van der Waals surface area contributed by atoms with Gasteiger partial charge in [0.25, 0.3) is 0 Å². The van der Waals surface area contributed by atoms with Crippen LogP contribution in [0, 0.1) is 38.0 Å². The fourth-order valence-electron chi connectivity index (χ4n) is 4.77. The van der Waals surface area contributed by atoms with Gasteiger partial charge in [-0.05, 0) is 74.1 Å². The van der Waals surface area contributed by atoms with Crippen LogP contribution in [0.25, 0.3) is 0 Å². The average molecular weight is 273 g/mol. The first-order valence-electron chi connectivity index (χ1n) is 7.94. The predicted molar refractivity (Wildman–Crippen MR) is 82.5 cm³/mol. The molecular formula is C18H27NO. The zero-order chi connectivity index (χ0) is 14.5. The van der Waals surface area contributed by atoms with Crippen molar-refractivity contribution in [1.29, 1.82) is 0 Å². The quantitative estimate of drug-likeness (QED) is 0.886. The number of aryl methyl sites for hydroxylation is 3. The summed E-state index contributed by atoms with van der Waals surface area (Å²) in [5.74, 6) is 1.42. The molecule has 4 atom stereocenters. The van der Waals surface area contributed by atoms with Crippen molar-refractivity contribution in [2.24, 2.45) is 23.0 Å². The van der Waals surface area contributed by atoms with Crippen molar-refractivity contribution in [3.05, 3.63) is 34.4 Å². The van der Waals surface area contributed by atoms with E-state index >= 15 is 0 Å². The van der Waals surface area contributed by atoms with Gasteiger partial charge in [0.15, 0.2) is 0 Å². The molecule has 0 aliphatic heterocycles. The highest BCUT2D eigenvalue weighted by Crippen LogP contribution is 2.60. The van der Waals surface area contributed by atoms with Crippen LogP contribution in [0.2, 0.25) is 0 Å². The van der Waals surface area contributed by atoms with Gasteiger partial charge in [-0.2, -0.15) is 0 Å². The van der Waals surface area contributed by atoms with Crippen LogP contribution in [0.5, 0.6) is 0 Å². The topological polar surface area (TPSA) is 46.2 Å². The molecule has 2 heteroatoms. The number of hydrogen-bond acceptors (Lipinski definition) is 2. The average Bonchev–Trinajstić information content (AvgIpc) is 3.03. The van der Waals surface area contributed by atoms with E-state index in [1.165, 1.54) is 36.0 Å². The van der Waals surface area contributed by atoms with Crippen LogP contribution in [0.15, 0.2) is 12.1 Å². The van der Waals surface area contributed by atoms with Crippen LogP contribution < -0.4 is 5.73 Å². The molecule has 110 valence electrons. The first kappa shape index (κ1) is 14.1. The Hall–Kier alpha value is -0.860. The van der Waals surface area contributed by atoms with E-state index in [1.807, 2.05) is 0 Å². The van der Waals surface area contributed by atoms with E-state index in [1.54, 1.807) is 0 Å². The summed E-state index contributed by atoms with van der Waals surface area (Å²) in [4.78, 5) is 0. The van der Waals surface area contributed by atoms with E-state index in [-0.39, 0.29) is 5.41 Å². The molecular weight excluding hydrogens is 246 g/mol. The Morgan fingerprint density at radius 3 is 2.45 bits per heavy atom. The molecule has 2 fully saturated rings. The number of rotatable bonds is 3. The molecule has 1 aromatic carbocycles. The zero-order valence-corrected chi connectivity index (χ0v) is 12.9. The van der Waals surface area contributed by atoms with Crippen LogP contribution in [0.4, 0.5) is 0 Å². The molecule has 3 N–H and O–H groups in total. The lowest BCUT2D eigenvalue weighted by Crippen LogP contribution is -2.41. The van der Waals surface area contributed by atoms with Crippen molar-refractivity contribution >= 4 is 0 Å². The number of benzene rings is 1. The summed E-state index contributed by atoms with van der Waals surface area (Å²) in [6, 6.07) is 4.38. The highest BCUT2D eigenvalue weighted by Gasteiger charge is 2.54. The van der Waals surface area contributed by atoms with E-state index in [0.717, 1.165) is 17.9 Å². The van der Waals surface area contributed by atoms with E-state index in [4.69, 9.17) is 5.73 Å². The second-order valence-corrected chi connectivity index (χ2v) is 7.21. The lowest BCUT2D eigenvalue weighted by Gasteiger charge is -2.41. The molecule has 0 spiro atoms. The zero-order valence-electron chi connectivity index (χ0n) is 12.9. The molecule has 1 aromatic rings.